The van der Waals surface area contributed by atoms with E-state index in [9.17, 15) is 10.1 Å². The smallest absolute Gasteiger partial charge is 0.349 e. The number of hydrogen-bond donors (Lipinski definition) is 1. The molecule has 7 nitrogen and oxygen atoms in total. The predicted octanol–water partition coefficient (Wildman–Crippen LogP) is 7.55. The lowest BCUT2D eigenvalue weighted by Crippen LogP contribution is -2.21. The summed E-state index contributed by atoms with van der Waals surface area (Å²) in [6, 6.07) is 19.5. The topological polar surface area (TPSA) is 104 Å². The molecule has 0 saturated heterocycles. The average Bonchev–Trinajstić information content (AvgIpc) is 2.94. The molecular weight excluding hydrogens is 551 g/mol. The molecule has 3 aromatic rings. The second-order valence-electron chi connectivity index (χ2n) is 9.29. The van der Waals surface area contributed by atoms with E-state index in [-0.39, 0.29) is 23.3 Å². The maximum atomic E-state index is 12.4. The number of allylic oxidation sites excluding steroid dienone is 1. The summed E-state index contributed by atoms with van der Waals surface area (Å²) < 4.78 is 22.5. The van der Waals surface area contributed by atoms with Crippen molar-refractivity contribution < 1.29 is 23.7 Å². The van der Waals surface area contributed by atoms with Crippen molar-refractivity contribution in [2.24, 2.45) is 5.73 Å². The van der Waals surface area contributed by atoms with Gasteiger partial charge in [-0.15, -0.1) is 0 Å². The molecule has 0 aromatic heterocycles. The molecule has 1 heterocycles. The summed E-state index contributed by atoms with van der Waals surface area (Å²) in [5.74, 6) is 0.621. The van der Waals surface area contributed by atoms with Crippen LogP contribution in [0.1, 0.15) is 56.1 Å². The van der Waals surface area contributed by atoms with Gasteiger partial charge in [-0.25, -0.2) is 4.79 Å². The van der Waals surface area contributed by atoms with Gasteiger partial charge in [-0.2, -0.15) is 5.26 Å². The Morgan fingerprint density at radius 3 is 2.45 bits per heavy atom. The summed E-state index contributed by atoms with van der Waals surface area (Å²) in [6.07, 6.45) is 5.85. The zero-order valence-electron chi connectivity index (χ0n) is 22.1. The molecule has 0 saturated carbocycles. The molecule has 208 valence electrons. The average molecular weight is 581 g/mol. The minimum absolute atomic E-state index is 0.00315. The maximum Gasteiger partial charge on any atom is 0.349 e. The number of fused-ring (bicyclic) bond motifs is 1. The van der Waals surface area contributed by atoms with Crippen LogP contribution >= 0.6 is 23.2 Å². The maximum absolute atomic E-state index is 12.4. The Labute approximate surface area is 244 Å². The highest BCUT2D eigenvalue weighted by Gasteiger charge is 2.31. The number of rotatable bonds is 12. The van der Waals surface area contributed by atoms with E-state index in [1.165, 1.54) is 25.3 Å². The highest BCUT2D eigenvalue weighted by Crippen LogP contribution is 2.43. The summed E-state index contributed by atoms with van der Waals surface area (Å²) in [6.45, 7) is 2.50. The number of nitrogens with two attached hydrogens (primary N) is 1. The molecule has 0 spiro atoms. The van der Waals surface area contributed by atoms with Gasteiger partial charge in [-0.05, 0) is 48.4 Å². The van der Waals surface area contributed by atoms with Crippen LogP contribution in [0.25, 0.3) is 0 Å². The standard InChI is InChI=1S/C31H30Cl2N2O5/c1-2-3-4-5-6-15-37-22-10-7-20(8-11-22)30-24-13-12-23(17-28(24)40-31(35)25(30)18-34)39-29(36)19-38-27-14-9-21(32)16-26(27)33/h7-14,16-17,30H,2-6,15,19,35H2,1H3. The Kier molecular flexibility index (Phi) is 10.2. The first-order valence-electron chi connectivity index (χ1n) is 13.1. The van der Waals surface area contributed by atoms with E-state index in [1.54, 1.807) is 30.3 Å². The van der Waals surface area contributed by atoms with Gasteiger partial charge in [-0.1, -0.05) is 74.0 Å². The van der Waals surface area contributed by atoms with Crippen molar-refractivity contribution in [2.75, 3.05) is 13.2 Å². The monoisotopic (exact) mass is 580 g/mol. The fourth-order valence-corrected chi connectivity index (χ4v) is 4.85. The molecule has 1 unspecified atom stereocenters. The van der Waals surface area contributed by atoms with Gasteiger partial charge in [0.2, 0.25) is 5.88 Å². The van der Waals surface area contributed by atoms with Gasteiger partial charge in [0, 0.05) is 16.7 Å². The molecule has 1 aliphatic rings. The van der Waals surface area contributed by atoms with Crippen molar-refractivity contribution in [3.8, 4) is 29.1 Å². The summed E-state index contributed by atoms with van der Waals surface area (Å²) >= 11 is 12.0. The quantitative estimate of drug-likeness (QED) is 0.134. The van der Waals surface area contributed by atoms with Crippen LogP contribution in [-0.4, -0.2) is 19.2 Å². The molecule has 2 N–H and O–H groups in total. The molecule has 4 rings (SSSR count). The molecule has 0 fully saturated rings. The predicted molar refractivity (Wildman–Crippen MR) is 154 cm³/mol. The minimum atomic E-state index is -0.638. The lowest BCUT2D eigenvalue weighted by molar-refractivity contribution is -0.136. The Balaban J connectivity index is 1.43. The first kappa shape index (κ1) is 29.1. The van der Waals surface area contributed by atoms with Crippen molar-refractivity contribution in [1.29, 1.82) is 5.26 Å². The number of nitrogens with zero attached hydrogens (tertiary/aromatic N) is 1. The lowest BCUT2D eigenvalue weighted by Gasteiger charge is -2.26. The molecule has 0 aliphatic carbocycles. The van der Waals surface area contributed by atoms with Crippen LogP contribution in [0.4, 0.5) is 0 Å². The zero-order chi connectivity index (χ0) is 28.5. The number of nitriles is 1. The zero-order valence-corrected chi connectivity index (χ0v) is 23.6. The Morgan fingerprint density at radius 1 is 0.975 bits per heavy atom. The third kappa shape index (κ3) is 7.41. The molecule has 9 heteroatoms. The summed E-state index contributed by atoms with van der Waals surface area (Å²) in [5.41, 5.74) is 8.01. The van der Waals surface area contributed by atoms with E-state index >= 15 is 0 Å². The van der Waals surface area contributed by atoms with E-state index in [2.05, 4.69) is 13.0 Å². The van der Waals surface area contributed by atoms with Crippen molar-refractivity contribution >= 4 is 29.2 Å². The third-order valence-electron chi connectivity index (χ3n) is 6.39. The SMILES string of the molecule is CCCCCCCOc1ccc(C2C(C#N)=C(N)Oc3cc(OC(=O)COc4ccc(Cl)cc4Cl)ccc32)cc1. The number of unbranched alkanes of at least 4 members (excludes halogenated alkanes) is 4. The summed E-state index contributed by atoms with van der Waals surface area (Å²) in [7, 11) is 0. The Bertz CT molecular complexity index is 1420. The van der Waals surface area contributed by atoms with Crippen molar-refractivity contribution in [3.05, 3.63) is 93.3 Å². The molecule has 40 heavy (non-hydrogen) atoms. The molecule has 0 bridgehead atoms. The van der Waals surface area contributed by atoms with Crippen molar-refractivity contribution in [1.82, 2.24) is 0 Å². The van der Waals surface area contributed by atoms with Gasteiger partial charge < -0.3 is 24.7 Å². The largest absolute Gasteiger partial charge is 0.494 e. The molecule has 1 atom stereocenters. The molecule has 1 aliphatic heterocycles. The van der Waals surface area contributed by atoms with E-state index in [0.29, 0.717) is 28.7 Å². The van der Waals surface area contributed by atoms with Crippen molar-refractivity contribution in [2.45, 2.75) is 44.9 Å². The fourth-order valence-electron chi connectivity index (χ4n) is 4.38. The fraction of sp³-hybridized carbons (Fsp3) is 0.290. The number of esters is 1. The number of halogens is 2. The second-order valence-corrected chi connectivity index (χ2v) is 10.1. The molecule has 0 radical (unpaired) electrons. The minimum Gasteiger partial charge on any atom is -0.494 e. The van der Waals surface area contributed by atoms with Crippen LogP contribution in [0, 0.1) is 11.3 Å². The first-order valence-corrected chi connectivity index (χ1v) is 13.9. The van der Waals surface area contributed by atoms with Crippen LogP contribution in [0.15, 0.2) is 72.1 Å². The van der Waals surface area contributed by atoms with Crippen LogP contribution < -0.4 is 24.7 Å². The van der Waals surface area contributed by atoms with E-state index < -0.39 is 11.9 Å². The Hall–Kier alpha value is -3.86. The highest BCUT2D eigenvalue weighted by molar-refractivity contribution is 6.35. The highest BCUT2D eigenvalue weighted by atomic mass is 35.5. The van der Waals surface area contributed by atoms with Gasteiger partial charge in [0.25, 0.3) is 0 Å². The number of ether oxygens (including phenoxy) is 4. The van der Waals surface area contributed by atoms with E-state index in [0.717, 1.165) is 29.7 Å². The molecular formula is C31H30Cl2N2O5. The number of benzene rings is 3. The van der Waals surface area contributed by atoms with Crippen LogP contribution in [0.5, 0.6) is 23.0 Å². The lowest BCUT2D eigenvalue weighted by atomic mass is 9.83. The van der Waals surface area contributed by atoms with Gasteiger partial charge in [0.15, 0.2) is 6.61 Å². The van der Waals surface area contributed by atoms with Crippen LogP contribution in [0.3, 0.4) is 0 Å². The van der Waals surface area contributed by atoms with Gasteiger partial charge in [-0.3, -0.25) is 0 Å². The summed E-state index contributed by atoms with van der Waals surface area (Å²) in [4.78, 5) is 12.4. The number of carbonyl (C=O) groups excluding carboxylic acids is 1. The van der Waals surface area contributed by atoms with Gasteiger partial charge >= 0.3 is 5.97 Å². The van der Waals surface area contributed by atoms with E-state index in [4.69, 9.17) is 47.9 Å². The number of carbonyl (C=O) groups is 1. The molecule has 0 amide bonds. The van der Waals surface area contributed by atoms with Crippen LogP contribution in [0.2, 0.25) is 10.0 Å². The van der Waals surface area contributed by atoms with E-state index in [1.807, 2.05) is 24.3 Å². The summed E-state index contributed by atoms with van der Waals surface area (Å²) in [5, 5.41) is 10.6. The normalized spacial score (nSPS) is 14.1. The van der Waals surface area contributed by atoms with Gasteiger partial charge in [0.1, 0.15) is 34.6 Å². The van der Waals surface area contributed by atoms with Gasteiger partial charge in [0.05, 0.1) is 17.5 Å². The first-order chi connectivity index (χ1) is 19.4. The second kappa shape index (κ2) is 14.0. The Morgan fingerprint density at radius 2 is 1.73 bits per heavy atom. The van der Waals surface area contributed by atoms with Crippen molar-refractivity contribution in [3.63, 3.8) is 0 Å². The van der Waals surface area contributed by atoms with Crippen LogP contribution in [-0.2, 0) is 4.79 Å². The third-order valence-corrected chi connectivity index (χ3v) is 6.92. The number of hydrogen-bond acceptors (Lipinski definition) is 7. The molecule has 3 aromatic carbocycles.